The summed E-state index contributed by atoms with van der Waals surface area (Å²) in [6, 6.07) is 0. The minimum atomic E-state index is -0.803. The Labute approximate surface area is 138 Å². The third kappa shape index (κ3) is 4.90. The van der Waals surface area contributed by atoms with Crippen LogP contribution in [0, 0.1) is 0 Å². The van der Waals surface area contributed by atoms with Crippen LogP contribution in [0.25, 0.3) is 0 Å². The Hall–Kier alpha value is -2.20. The second-order valence-electron chi connectivity index (χ2n) is 4.82. The van der Waals surface area contributed by atoms with Crippen LogP contribution in [-0.2, 0) is 28.4 Å². The second kappa shape index (κ2) is 9.18. The summed E-state index contributed by atoms with van der Waals surface area (Å²) in [5.74, 6) is 0. The van der Waals surface area contributed by atoms with Crippen LogP contribution in [0.2, 0.25) is 0 Å². The highest BCUT2D eigenvalue weighted by molar-refractivity contribution is 5.77. The maximum atomic E-state index is 11.5. The van der Waals surface area contributed by atoms with Crippen molar-refractivity contribution >= 4 is 25.0 Å². The highest BCUT2D eigenvalue weighted by Gasteiger charge is 2.51. The fourth-order valence-corrected chi connectivity index (χ4v) is 2.26. The van der Waals surface area contributed by atoms with Crippen LogP contribution >= 0.6 is 0 Å². The van der Waals surface area contributed by atoms with Gasteiger partial charge < -0.3 is 28.4 Å². The molecule has 0 unspecified atom stereocenters. The van der Waals surface area contributed by atoms with Crippen LogP contribution < -0.4 is 0 Å². The molecule has 2 heterocycles. The number of aliphatic imine (C=N–C) groups is 2. The number of hydrogen-bond donors (Lipinski definition) is 0. The van der Waals surface area contributed by atoms with Gasteiger partial charge in [-0.3, -0.25) is 0 Å². The highest BCUT2D eigenvalue weighted by Crippen LogP contribution is 2.30. The minimum Gasteiger partial charge on any atom is -0.483 e. The molecule has 0 N–H and O–H groups in total. The van der Waals surface area contributed by atoms with Gasteiger partial charge in [0.05, 0.1) is 26.4 Å². The van der Waals surface area contributed by atoms with Crippen molar-refractivity contribution < 1.29 is 38.0 Å². The molecule has 2 aliphatic rings. The highest BCUT2D eigenvalue weighted by atomic mass is 16.7. The summed E-state index contributed by atoms with van der Waals surface area (Å²) in [7, 11) is 0. The van der Waals surface area contributed by atoms with E-state index in [9.17, 15) is 9.59 Å². The average Bonchev–Trinajstić information content (AvgIpc) is 3.12. The van der Waals surface area contributed by atoms with Crippen molar-refractivity contribution in [2.75, 3.05) is 26.4 Å². The lowest BCUT2D eigenvalue weighted by molar-refractivity contribution is -0.00853. The zero-order valence-corrected chi connectivity index (χ0v) is 13.5. The number of fused-ring (bicyclic) bond motifs is 1. The quantitative estimate of drug-likeness (QED) is 0.516. The van der Waals surface area contributed by atoms with Crippen molar-refractivity contribution in [1.29, 1.82) is 0 Å². The third-order valence-electron chi connectivity index (χ3n) is 3.27. The van der Waals surface area contributed by atoms with Crippen molar-refractivity contribution in [3.8, 4) is 0 Å². The van der Waals surface area contributed by atoms with Crippen molar-refractivity contribution in [1.82, 2.24) is 0 Å². The predicted octanol–water partition coefficient (Wildman–Crippen LogP) is 0.924. The normalized spacial score (nSPS) is 28.9. The third-order valence-corrected chi connectivity index (χ3v) is 3.27. The van der Waals surface area contributed by atoms with Gasteiger partial charge in [-0.1, -0.05) is 0 Å². The van der Waals surface area contributed by atoms with Crippen molar-refractivity contribution in [3.63, 3.8) is 0 Å². The molecular formula is C14H20N2O8. The summed E-state index contributed by atoms with van der Waals surface area (Å²) >= 11 is 0. The van der Waals surface area contributed by atoms with Crippen molar-refractivity contribution in [3.05, 3.63) is 0 Å². The molecule has 2 amide bonds. The van der Waals surface area contributed by atoms with Gasteiger partial charge in [-0.15, -0.1) is 9.98 Å². The van der Waals surface area contributed by atoms with Crippen LogP contribution in [0.1, 0.15) is 13.8 Å². The van der Waals surface area contributed by atoms with E-state index in [1.165, 1.54) is 0 Å². The Balaban J connectivity index is 1.81. The number of carbonyl (C=O) groups is 2. The second-order valence-corrected chi connectivity index (χ2v) is 4.82. The molecule has 2 fully saturated rings. The summed E-state index contributed by atoms with van der Waals surface area (Å²) in [5.41, 5.74) is 0. The zero-order chi connectivity index (χ0) is 17.4. The summed E-state index contributed by atoms with van der Waals surface area (Å²) < 4.78 is 31.0. The van der Waals surface area contributed by atoms with Crippen LogP contribution in [-0.4, -0.2) is 75.8 Å². The van der Waals surface area contributed by atoms with Crippen LogP contribution in [0.4, 0.5) is 9.59 Å². The Kier molecular flexibility index (Phi) is 6.94. The van der Waals surface area contributed by atoms with Gasteiger partial charge >= 0.3 is 12.2 Å². The maximum absolute atomic E-state index is 11.5. The molecule has 0 radical (unpaired) electrons. The summed E-state index contributed by atoms with van der Waals surface area (Å²) in [6.45, 7) is 4.58. The maximum Gasteiger partial charge on any atom is 0.436 e. The smallest absolute Gasteiger partial charge is 0.436 e. The lowest BCUT2D eigenvalue weighted by Gasteiger charge is -2.15. The summed E-state index contributed by atoms with van der Waals surface area (Å²) in [4.78, 5) is 30.0. The van der Waals surface area contributed by atoms with E-state index in [1.807, 2.05) is 0 Å². The lowest BCUT2D eigenvalue weighted by Crippen LogP contribution is -2.35. The molecule has 10 nitrogen and oxygen atoms in total. The number of ether oxygens (including phenoxy) is 6. The molecule has 24 heavy (non-hydrogen) atoms. The molecule has 2 aliphatic heterocycles. The molecule has 0 spiro atoms. The molecule has 0 aliphatic carbocycles. The Morgan fingerprint density at radius 1 is 0.917 bits per heavy atom. The number of amides is 2. The van der Waals surface area contributed by atoms with Gasteiger partial charge in [0.2, 0.25) is 0 Å². The van der Waals surface area contributed by atoms with Crippen LogP contribution in [0.3, 0.4) is 0 Å². The van der Waals surface area contributed by atoms with Gasteiger partial charge in [0.15, 0.2) is 25.0 Å². The van der Waals surface area contributed by atoms with E-state index < -0.39 is 36.6 Å². The number of rotatable bonds is 6. The van der Waals surface area contributed by atoms with E-state index in [0.717, 1.165) is 12.8 Å². The molecule has 0 aromatic rings. The van der Waals surface area contributed by atoms with E-state index in [4.69, 9.17) is 28.4 Å². The average molecular weight is 344 g/mol. The van der Waals surface area contributed by atoms with E-state index in [2.05, 4.69) is 9.98 Å². The van der Waals surface area contributed by atoms with Gasteiger partial charge in [-0.2, -0.15) is 0 Å². The van der Waals surface area contributed by atoms with Gasteiger partial charge in [0.1, 0.15) is 12.2 Å². The molecule has 4 atom stereocenters. The summed E-state index contributed by atoms with van der Waals surface area (Å²) in [5, 5.41) is 0. The predicted molar refractivity (Wildman–Crippen MR) is 80.3 cm³/mol. The fourth-order valence-electron chi connectivity index (χ4n) is 2.26. The minimum absolute atomic E-state index is 0.126. The first kappa shape index (κ1) is 18.1. The molecule has 2 saturated heterocycles. The lowest BCUT2D eigenvalue weighted by atomic mass is 10.1. The summed E-state index contributed by atoms with van der Waals surface area (Å²) in [6.07, 6.45) is -1.87. The molecular weight excluding hydrogens is 324 g/mol. The first-order chi connectivity index (χ1) is 11.7. The number of hydrogen-bond acceptors (Lipinski definition) is 8. The van der Waals surface area contributed by atoms with Gasteiger partial charge in [0, 0.05) is 0 Å². The van der Waals surface area contributed by atoms with E-state index in [1.54, 1.807) is 13.8 Å². The fraction of sp³-hybridized carbons (Fsp3) is 0.714. The van der Waals surface area contributed by atoms with Crippen molar-refractivity contribution in [2.45, 2.75) is 38.3 Å². The molecule has 0 aromatic carbocycles. The van der Waals surface area contributed by atoms with E-state index >= 15 is 0 Å². The molecule has 0 saturated carbocycles. The number of nitrogens with zero attached hydrogens (tertiary/aromatic N) is 2. The van der Waals surface area contributed by atoms with Crippen LogP contribution in [0.15, 0.2) is 9.98 Å². The molecule has 10 heteroatoms. The van der Waals surface area contributed by atoms with Gasteiger partial charge in [-0.25, -0.2) is 9.59 Å². The monoisotopic (exact) mass is 344 g/mol. The first-order valence-electron chi connectivity index (χ1n) is 7.58. The van der Waals surface area contributed by atoms with Gasteiger partial charge in [0.25, 0.3) is 0 Å². The largest absolute Gasteiger partial charge is 0.483 e. The molecule has 0 bridgehead atoms. The molecule has 134 valence electrons. The van der Waals surface area contributed by atoms with Gasteiger partial charge in [-0.05, 0) is 13.8 Å². The van der Waals surface area contributed by atoms with E-state index in [0.29, 0.717) is 13.2 Å². The Morgan fingerprint density at radius 2 is 1.33 bits per heavy atom. The first-order valence-corrected chi connectivity index (χ1v) is 7.58. The van der Waals surface area contributed by atoms with Crippen LogP contribution in [0.5, 0.6) is 0 Å². The Morgan fingerprint density at radius 3 is 1.71 bits per heavy atom. The topological polar surface area (TPSA) is 114 Å². The van der Waals surface area contributed by atoms with E-state index in [-0.39, 0.29) is 13.2 Å². The molecule has 2 rings (SSSR count). The number of carbonyl (C=O) groups excluding carboxylic acids is 2. The Bertz CT molecular complexity index is 451. The standard InChI is InChI=1S/C14H20N2O8/c1-3-19-7-15-13(17)23-9-5-21-12-10(6-22-11(9)12)24-14(18)16-8-20-4-2/h7-12H,3-6H2,1-2H3/b15-7+,16-8+/t9-,10+,11-,12-/m1/s1. The SMILES string of the molecule is CCO/C=N/C(=O)O[C@H]1CO[C@H]2[C@@H]1OC[C@H]2OC(=O)/N=C/OCC. The molecule has 0 aromatic heterocycles. The zero-order valence-electron chi connectivity index (χ0n) is 13.5. The van der Waals surface area contributed by atoms with Crippen molar-refractivity contribution in [2.24, 2.45) is 9.98 Å².